The van der Waals surface area contributed by atoms with Gasteiger partial charge in [0.15, 0.2) is 17.6 Å². The van der Waals surface area contributed by atoms with Crippen molar-refractivity contribution in [2.45, 2.75) is 63.6 Å². The maximum Gasteiger partial charge on any atom is 0.326 e. The third-order valence-corrected chi connectivity index (χ3v) is 11.8. The zero-order chi connectivity index (χ0) is 40.9. The second kappa shape index (κ2) is 18.0. The van der Waals surface area contributed by atoms with Gasteiger partial charge in [-0.3, -0.25) is 14.7 Å². The molecule has 3 heterocycles. The molecule has 11 heteroatoms. The smallest absolute Gasteiger partial charge is 0.326 e. The Hall–Kier alpha value is -5.87. The molecule has 1 amide bonds. The number of halogens is 2. The predicted molar refractivity (Wildman–Crippen MR) is 228 cm³/mol. The van der Waals surface area contributed by atoms with Crippen molar-refractivity contribution in [3.8, 4) is 28.4 Å². The first-order valence-electron chi connectivity index (χ1n) is 19.7. The normalized spacial score (nSPS) is 17.0. The van der Waals surface area contributed by atoms with E-state index in [4.69, 9.17) is 37.4 Å². The van der Waals surface area contributed by atoms with Gasteiger partial charge in [-0.05, 0) is 106 Å². The van der Waals surface area contributed by atoms with E-state index < -0.39 is 18.1 Å². The Morgan fingerprint density at radius 3 is 2.27 bits per heavy atom. The highest BCUT2D eigenvalue weighted by molar-refractivity contribution is 6.42. The van der Waals surface area contributed by atoms with E-state index in [0.717, 1.165) is 50.9 Å². The van der Waals surface area contributed by atoms with Crippen molar-refractivity contribution in [2.75, 3.05) is 6.61 Å². The summed E-state index contributed by atoms with van der Waals surface area (Å²) >= 11 is 12.2. The Kier molecular flexibility index (Phi) is 12.2. The zero-order valence-electron chi connectivity index (χ0n) is 32.4. The van der Waals surface area contributed by atoms with E-state index in [2.05, 4.69) is 34.3 Å². The molecule has 0 bridgehead atoms. The monoisotopic (exact) mass is 827 g/mol. The van der Waals surface area contributed by atoms with Gasteiger partial charge in [0.2, 0.25) is 5.91 Å². The Bertz CT molecular complexity index is 2420. The topological polar surface area (TPSA) is 110 Å². The average Bonchev–Trinajstić information content (AvgIpc) is 3.26. The number of carboxylic acid groups (broad SMARTS) is 1. The molecule has 300 valence electrons. The lowest BCUT2D eigenvalue weighted by molar-refractivity contribution is -0.143. The van der Waals surface area contributed by atoms with Crippen molar-refractivity contribution in [1.82, 2.24) is 15.2 Å². The van der Waals surface area contributed by atoms with E-state index in [0.29, 0.717) is 53.5 Å². The number of pyridine rings is 1. The van der Waals surface area contributed by atoms with E-state index >= 15 is 0 Å². The third kappa shape index (κ3) is 9.23. The number of ether oxygens (including phenoxy) is 3. The second-order valence-corrected chi connectivity index (χ2v) is 15.7. The predicted octanol–water partition coefficient (Wildman–Crippen LogP) is 9.84. The highest BCUT2D eigenvalue weighted by Crippen LogP contribution is 2.42. The van der Waals surface area contributed by atoms with Crippen LogP contribution in [0.2, 0.25) is 10.0 Å². The molecule has 5 aromatic carbocycles. The molecule has 2 N–H and O–H groups in total. The first-order valence-corrected chi connectivity index (χ1v) is 20.4. The minimum Gasteiger partial charge on any atom is -0.489 e. The summed E-state index contributed by atoms with van der Waals surface area (Å²) in [5.74, 6) is 0.539. The van der Waals surface area contributed by atoms with Crippen molar-refractivity contribution in [1.29, 1.82) is 0 Å². The van der Waals surface area contributed by atoms with Gasteiger partial charge in [-0.2, -0.15) is 0 Å². The van der Waals surface area contributed by atoms with Crippen molar-refractivity contribution in [3.63, 3.8) is 0 Å². The zero-order valence-corrected chi connectivity index (χ0v) is 33.9. The van der Waals surface area contributed by atoms with Crippen LogP contribution in [0.4, 0.5) is 0 Å². The summed E-state index contributed by atoms with van der Waals surface area (Å²) in [7, 11) is 0. The molecule has 4 atom stereocenters. The van der Waals surface area contributed by atoms with E-state index in [-0.39, 0.29) is 24.5 Å². The number of nitrogens with one attached hydrogen (secondary N) is 1. The van der Waals surface area contributed by atoms with E-state index in [1.165, 1.54) is 0 Å². The summed E-state index contributed by atoms with van der Waals surface area (Å²) in [4.78, 5) is 33.3. The summed E-state index contributed by atoms with van der Waals surface area (Å²) in [6.45, 7) is 3.22. The summed E-state index contributed by atoms with van der Waals surface area (Å²) in [5, 5.41) is 14.2. The lowest BCUT2D eigenvalue weighted by Gasteiger charge is -2.42. The van der Waals surface area contributed by atoms with Crippen LogP contribution in [-0.4, -0.2) is 45.6 Å². The number of benzene rings is 5. The number of aromatic nitrogens is 1. The molecule has 2 aliphatic rings. The maximum absolute atomic E-state index is 14.4. The van der Waals surface area contributed by atoms with Crippen LogP contribution in [0, 0.1) is 0 Å². The van der Waals surface area contributed by atoms with Crippen molar-refractivity contribution < 1.29 is 28.9 Å². The Balaban J connectivity index is 0.992. The molecule has 59 heavy (non-hydrogen) atoms. The fourth-order valence-electron chi connectivity index (χ4n) is 7.90. The SMILES string of the molecule is CC[C@@H](c1ccccc1)N1Cc2cc3c(cc2C[C@H]1C(=O)N[C@@H](Cc1ccc(-c2ccncc2)cc1)C(=O)O)OC[C@H](c1ccc(OCc2ccc(Cl)c(Cl)c2)cc1)O3. The number of nitrogens with zero attached hydrogens (tertiary/aromatic N) is 2. The molecule has 6 aromatic rings. The van der Waals surface area contributed by atoms with Gasteiger partial charge in [-0.25, -0.2) is 4.79 Å². The van der Waals surface area contributed by atoms with Crippen LogP contribution in [0.3, 0.4) is 0 Å². The molecular formula is C48H43Cl2N3O6. The molecular weight excluding hydrogens is 785 g/mol. The standard InChI is InChI=1S/C48H43Cl2N3O6/c1-2-42(34-6-4-3-5-7-34)53-27-37-26-45-44(58-29-46(59-45)35-13-15-38(16-14-35)57-28-31-10-17-39(49)40(50)22-31)25-36(37)24-43(53)47(54)52-41(48(55)56)23-30-8-11-32(12-9-30)33-18-20-51-21-19-33/h3-22,25-26,41-43,46H,2,23-24,27-29H2,1H3,(H,52,54)(H,55,56)/t41-,42-,43-,46+/m0/s1. The van der Waals surface area contributed by atoms with Crippen LogP contribution >= 0.6 is 23.2 Å². The van der Waals surface area contributed by atoms with Crippen LogP contribution in [-0.2, 0) is 35.6 Å². The van der Waals surface area contributed by atoms with Crippen LogP contribution in [0.15, 0.2) is 134 Å². The molecule has 9 nitrogen and oxygen atoms in total. The molecule has 0 aliphatic carbocycles. The van der Waals surface area contributed by atoms with Crippen LogP contribution in [0.25, 0.3) is 11.1 Å². The fourth-order valence-corrected chi connectivity index (χ4v) is 8.22. The van der Waals surface area contributed by atoms with Gasteiger partial charge in [0, 0.05) is 31.4 Å². The molecule has 1 aromatic heterocycles. The highest BCUT2D eigenvalue weighted by atomic mass is 35.5. The van der Waals surface area contributed by atoms with Gasteiger partial charge < -0.3 is 24.6 Å². The Labute approximate surface area is 353 Å². The number of fused-ring (bicyclic) bond motifs is 2. The third-order valence-electron chi connectivity index (χ3n) is 11.0. The van der Waals surface area contributed by atoms with Crippen LogP contribution in [0.1, 0.15) is 58.9 Å². The van der Waals surface area contributed by atoms with Crippen molar-refractivity contribution in [3.05, 3.63) is 177 Å². The van der Waals surface area contributed by atoms with Crippen LogP contribution in [0.5, 0.6) is 17.2 Å². The summed E-state index contributed by atoms with van der Waals surface area (Å²) in [5.41, 5.74) is 7.76. The van der Waals surface area contributed by atoms with Crippen molar-refractivity contribution >= 4 is 35.1 Å². The number of carboxylic acids is 1. The molecule has 0 fully saturated rings. The molecule has 0 radical (unpaired) electrons. The summed E-state index contributed by atoms with van der Waals surface area (Å²) < 4.78 is 18.8. The van der Waals surface area contributed by atoms with E-state index in [1.807, 2.05) is 97.1 Å². The van der Waals surface area contributed by atoms with Gasteiger partial charge >= 0.3 is 5.97 Å². The second-order valence-electron chi connectivity index (χ2n) is 14.9. The number of carbonyl (C=O) groups is 2. The van der Waals surface area contributed by atoms with Crippen LogP contribution < -0.4 is 19.5 Å². The Morgan fingerprint density at radius 2 is 1.56 bits per heavy atom. The lowest BCUT2D eigenvalue weighted by Crippen LogP contribution is -2.55. The van der Waals surface area contributed by atoms with Crippen molar-refractivity contribution in [2.24, 2.45) is 0 Å². The Morgan fingerprint density at radius 1 is 0.847 bits per heavy atom. The number of hydrogen-bond donors (Lipinski definition) is 2. The number of rotatable bonds is 13. The average molecular weight is 829 g/mol. The van der Waals surface area contributed by atoms with E-state index in [9.17, 15) is 14.7 Å². The highest BCUT2D eigenvalue weighted by Gasteiger charge is 2.38. The minimum absolute atomic E-state index is 0.0949. The van der Waals surface area contributed by atoms with Gasteiger partial charge in [0.05, 0.1) is 16.1 Å². The number of carbonyl (C=O) groups excluding carboxylic acids is 1. The molecule has 8 rings (SSSR count). The summed E-state index contributed by atoms with van der Waals surface area (Å²) in [6, 6.07) is 37.1. The number of aliphatic carboxylic acids is 1. The molecule has 0 unspecified atom stereocenters. The molecule has 0 saturated carbocycles. The van der Waals surface area contributed by atoms with Gasteiger partial charge in [-0.15, -0.1) is 0 Å². The van der Waals surface area contributed by atoms with Gasteiger partial charge in [-0.1, -0.05) is 103 Å². The molecule has 0 spiro atoms. The van der Waals surface area contributed by atoms with E-state index in [1.54, 1.807) is 24.5 Å². The first kappa shape index (κ1) is 39.9. The minimum atomic E-state index is -1.12. The fraction of sp³-hybridized carbons (Fsp3) is 0.229. The largest absolute Gasteiger partial charge is 0.489 e. The van der Waals surface area contributed by atoms with Gasteiger partial charge in [0.25, 0.3) is 0 Å². The number of hydrogen-bond acceptors (Lipinski definition) is 7. The quantitative estimate of drug-likeness (QED) is 0.119. The lowest BCUT2D eigenvalue weighted by atomic mass is 9.89. The van der Waals surface area contributed by atoms with Gasteiger partial charge in [0.1, 0.15) is 25.0 Å². The number of amides is 1. The first-order chi connectivity index (χ1) is 28.7. The maximum atomic E-state index is 14.4. The molecule has 2 aliphatic heterocycles. The summed E-state index contributed by atoms with van der Waals surface area (Å²) in [6.07, 6.45) is 4.40. The molecule has 0 saturated heterocycles.